The SMILES string of the molecule is Cc1ccc2c(c1)C(=O)N(CC(=O)N1CCN(Cc3cccnc3)CC1)C2=O. The maximum Gasteiger partial charge on any atom is 0.262 e. The van der Waals surface area contributed by atoms with Gasteiger partial charge in [0.05, 0.1) is 11.1 Å². The van der Waals surface area contributed by atoms with E-state index in [1.165, 1.54) is 0 Å². The third-order valence-corrected chi connectivity index (χ3v) is 5.27. The molecular weight excluding hydrogens is 356 g/mol. The third-order valence-electron chi connectivity index (χ3n) is 5.27. The van der Waals surface area contributed by atoms with Crippen molar-refractivity contribution >= 4 is 17.7 Å². The fourth-order valence-corrected chi connectivity index (χ4v) is 3.69. The van der Waals surface area contributed by atoms with Crippen LogP contribution in [0.15, 0.2) is 42.7 Å². The molecule has 7 heteroatoms. The predicted octanol–water partition coefficient (Wildman–Crippen LogP) is 1.33. The standard InChI is InChI=1S/C21H22N4O3/c1-15-4-5-17-18(11-15)21(28)25(20(17)27)14-19(26)24-9-7-23(8-10-24)13-16-3-2-6-22-12-16/h2-6,11-12H,7-10,13-14H2,1H3. The Labute approximate surface area is 163 Å². The molecule has 144 valence electrons. The molecule has 0 unspecified atom stereocenters. The summed E-state index contributed by atoms with van der Waals surface area (Å²) in [4.78, 5) is 46.9. The first kappa shape index (κ1) is 18.3. The van der Waals surface area contributed by atoms with Gasteiger partial charge in [-0.3, -0.25) is 29.2 Å². The molecule has 1 fully saturated rings. The number of carbonyl (C=O) groups is 3. The van der Waals surface area contributed by atoms with Gasteiger partial charge < -0.3 is 4.90 Å². The number of pyridine rings is 1. The summed E-state index contributed by atoms with van der Waals surface area (Å²) in [7, 11) is 0. The molecule has 4 rings (SSSR count). The number of rotatable bonds is 4. The topological polar surface area (TPSA) is 73.8 Å². The maximum absolute atomic E-state index is 12.7. The lowest BCUT2D eigenvalue weighted by molar-refractivity contribution is -0.133. The van der Waals surface area contributed by atoms with Gasteiger partial charge in [-0.25, -0.2) is 0 Å². The van der Waals surface area contributed by atoms with E-state index in [9.17, 15) is 14.4 Å². The van der Waals surface area contributed by atoms with Gasteiger partial charge in [-0.05, 0) is 30.7 Å². The van der Waals surface area contributed by atoms with Crippen LogP contribution >= 0.6 is 0 Å². The van der Waals surface area contributed by atoms with E-state index in [1.54, 1.807) is 29.3 Å². The minimum Gasteiger partial charge on any atom is -0.339 e. The normalized spacial score (nSPS) is 17.2. The van der Waals surface area contributed by atoms with Crippen LogP contribution in [0.2, 0.25) is 0 Å². The van der Waals surface area contributed by atoms with Crippen molar-refractivity contribution < 1.29 is 14.4 Å². The van der Waals surface area contributed by atoms with Gasteiger partial charge in [-0.15, -0.1) is 0 Å². The van der Waals surface area contributed by atoms with Crippen molar-refractivity contribution in [2.45, 2.75) is 13.5 Å². The second-order valence-electron chi connectivity index (χ2n) is 7.26. The number of nitrogens with zero attached hydrogens (tertiary/aromatic N) is 4. The van der Waals surface area contributed by atoms with Gasteiger partial charge in [0.25, 0.3) is 11.8 Å². The molecule has 1 aromatic heterocycles. The van der Waals surface area contributed by atoms with Gasteiger partial charge in [-0.2, -0.15) is 0 Å². The van der Waals surface area contributed by atoms with E-state index in [-0.39, 0.29) is 24.3 Å². The van der Waals surface area contributed by atoms with Gasteiger partial charge in [-0.1, -0.05) is 17.7 Å². The molecule has 2 aliphatic heterocycles. The number of amides is 3. The Morgan fingerprint density at radius 1 is 1.04 bits per heavy atom. The number of piperazine rings is 1. The highest BCUT2D eigenvalue weighted by Gasteiger charge is 2.37. The van der Waals surface area contributed by atoms with E-state index in [1.807, 2.05) is 25.3 Å². The molecule has 0 saturated carbocycles. The highest BCUT2D eigenvalue weighted by molar-refractivity contribution is 6.22. The lowest BCUT2D eigenvalue weighted by atomic mass is 10.1. The third kappa shape index (κ3) is 3.53. The van der Waals surface area contributed by atoms with Crippen molar-refractivity contribution in [3.05, 3.63) is 65.0 Å². The molecule has 2 aliphatic rings. The van der Waals surface area contributed by atoms with Crippen LogP contribution in [0.4, 0.5) is 0 Å². The van der Waals surface area contributed by atoms with E-state index < -0.39 is 0 Å². The molecule has 0 bridgehead atoms. The average molecular weight is 378 g/mol. The zero-order valence-electron chi connectivity index (χ0n) is 15.8. The largest absolute Gasteiger partial charge is 0.339 e. The number of carbonyl (C=O) groups excluding carboxylic acids is 3. The van der Waals surface area contributed by atoms with E-state index in [2.05, 4.69) is 9.88 Å². The van der Waals surface area contributed by atoms with Crippen molar-refractivity contribution in [2.24, 2.45) is 0 Å². The van der Waals surface area contributed by atoms with Gasteiger partial charge >= 0.3 is 0 Å². The van der Waals surface area contributed by atoms with Crippen LogP contribution < -0.4 is 0 Å². The molecule has 28 heavy (non-hydrogen) atoms. The second kappa shape index (κ2) is 7.52. The quantitative estimate of drug-likeness (QED) is 0.751. The molecule has 7 nitrogen and oxygen atoms in total. The fraction of sp³-hybridized carbons (Fsp3) is 0.333. The lowest BCUT2D eigenvalue weighted by Gasteiger charge is -2.35. The van der Waals surface area contributed by atoms with E-state index in [0.29, 0.717) is 24.2 Å². The summed E-state index contributed by atoms with van der Waals surface area (Å²) >= 11 is 0. The van der Waals surface area contributed by atoms with Crippen LogP contribution in [0.5, 0.6) is 0 Å². The molecular formula is C21H22N4O3. The van der Waals surface area contributed by atoms with Crippen LogP contribution in [0.25, 0.3) is 0 Å². The Bertz CT molecular complexity index is 921. The summed E-state index contributed by atoms with van der Waals surface area (Å²) in [5.74, 6) is -0.955. The number of hydrogen-bond acceptors (Lipinski definition) is 5. The first-order chi connectivity index (χ1) is 13.5. The Balaban J connectivity index is 1.34. The highest BCUT2D eigenvalue weighted by Crippen LogP contribution is 2.24. The van der Waals surface area contributed by atoms with Crippen LogP contribution in [0.1, 0.15) is 31.8 Å². The minimum absolute atomic E-state index is 0.188. The fourth-order valence-electron chi connectivity index (χ4n) is 3.69. The predicted molar refractivity (Wildman–Crippen MR) is 103 cm³/mol. The molecule has 0 radical (unpaired) electrons. The van der Waals surface area contributed by atoms with Crippen LogP contribution in [-0.4, -0.2) is 70.1 Å². The zero-order valence-corrected chi connectivity index (χ0v) is 15.8. The Morgan fingerprint density at radius 2 is 1.79 bits per heavy atom. The molecule has 0 atom stereocenters. The maximum atomic E-state index is 12.7. The van der Waals surface area contributed by atoms with Gasteiger partial charge in [0.1, 0.15) is 6.54 Å². The molecule has 3 heterocycles. The number of imide groups is 1. The number of benzene rings is 1. The molecule has 0 N–H and O–H groups in total. The summed E-state index contributed by atoms with van der Waals surface area (Å²) in [5, 5.41) is 0. The Morgan fingerprint density at radius 3 is 2.50 bits per heavy atom. The van der Waals surface area contributed by atoms with Crippen LogP contribution in [0.3, 0.4) is 0 Å². The number of aromatic nitrogens is 1. The lowest BCUT2D eigenvalue weighted by Crippen LogP contribution is -2.51. The monoisotopic (exact) mass is 378 g/mol. The summed E-state index contributed by atoms with van der Waals surface area (Å²) in [6.07, 6.45) is 3.60. The molecule has 0 spiro atoms. The second-order valence-corrected chi connectivity index (χ2v) is 7.26. The molecule has 2 aromatic rings. The van der Waals surface area contributed by atoms with Crippen molar-refractivity contribution in [3.8, 4) is 0 Å². The molecule has 0 aliphatic carbocycles. The zero-order chi connectivity index (χ0) is 19.7. The average Bonchev–Trinajstić information content (AvgIpc) is 2.93. The first-order valence-corrected chi connectivity index (χ1v) is 9.39. The Kier molecular flexibility index (Phi) is 4.92. The molecule has 1 aromatic carbocycles. The minimum atomic E-state index is -0.386. The highest BCUT2D eigenvalue weighted by atomic mass is 16.2. The number of hydrogen-bond donors (Lipinski definition) is 0. The summed E-state index contributed by atoms with van der Waals surface area (Å²) in [6.45, 7) is 5.14. The van der Waals surface area contributed by atoms with Crippen LogP contribution in [-0.2, 0) is 11.3 Å². The van der Waals surface area contributed by atoms with E-state index in [4.69, 9.17) is 0 Å². The van der Waals surface area contributed by atoms with Gasteiger partial charge in [0.15, 0.2) is 0 Å². The molecule has 1 saturated heterocycles. The van der Waals surface area contributed by atoms with Crippen molar-refractivity contribution in [3.63, 3.8) is 0 Å². The molecule has 3 amide bonds. The smallest absolute Gasteiger partial charge is 0.262 e. The van der Waals surface area contributed by atoms with Gasteiger partial charge in [0.2, 0.25) is 5.91 Å². The van der Waals surface area contributed by atoms with Gasteiger partial charge in [0, 0.05) is 45.1 Å². The first-order valence-electron chi connectivity index (χ1n) is 9.39. The van der Waals surface area contributed by atoms with Crippen molar-refractivity contribution in [1.82, 2.24) is 19.7 Å². The summed E-state index contributed by atoms with van der Waals surface area (Å²) < 4.78 is 0. The van der Waals surface area contributed by atoms with E-state index >= 15 is 0 Å². The summed E-state index contributed by atoms with van der Waals surface area (Å²) in [6, 6.07) is 9.12. The van der Waals surface area contributed by atoms with Crippen molar-refractivity contribution in [1.29, 1.82) is 0 Å². The van der Waals surface area contributed by atoms with Crippen LogP contribution in [0, 0.1) is 6.92 Å². The van der Waals surface area contributed by atoms with Crippen molar-refractivity contribution in [2.75, 3.05) is 32.7 Å². The number of fused-ring (bicyclic) bond motifs is 1. The Hall–Kier alpha value is -3.06. The van der Waals surface area contributed by atoms with E-state index in [0.717, 1.165) is 35.7 Å². The summed E-state index contributed by atoms with van der Waals surface area (Å²) in [5.41, 5.74) is 2.82. The number of aryl methyl sites for hydroxylation is 1.